The van der Waals surface area contributed by atoms with Crippen LogP contribution >= 0.6 is 0 Å². The van der Waals surface area contributed by atoms with E-state index in [2.05, 4.69) is 10.2 Å². The molecular formula is C23H30N4O2. The largest absolute Gasteiger partial charge is 0.351 e. The van der Waals surface area contributed by atoms with Gasteiger partial charge >= 0.3 is 0 Å². The second-order valence-corrected chi connectivity index (χ2v) is 7.59. The number of carbonyl (C=O) groups excluding carboxylic acids is 2. The number of nitrogens with two attached hydrogens (primary N) is 1. The number of piperazine rings is 1. The third-order valence-electron chi connectivity index (χ3n) is 5.50. The fourth-order valence-corrected chi connectivity index (χ4v) is 3.59. The maximum Gasteiger partial charge on any atom is 0.234 e. The van der Waals surface area contributed by atoms with Crippen LogP contribution in [0.1, 0.15) is 24.1 Å². The van der Waals surface area contributed by atoms with Gasteiger partial charge in [-0.1, -0.05) is 67.6 Å². The van der Waals surface area contributed by atoms with Gasteiger partial charge in [-0.3, -0.25) is 14.5 Å². The van der Waals surface area contributed by atoms with Crippen LogP contribution in [-0.4, -0.2) is 54.3 Å². The highest BCUT2D eigenvalue weighted by Gasteiger charge is 2.29. The Balaban J connectivity index is 1.42. The zero-order valence-corrected chi connectivity index (χ0v) is 17.0. The van der Waals surface area contributed by atoms with E-state index in [1.54, 1.807) is 0 Å². The van der Waals surface area contributed by atoms with Gasteiger partial charge in [0.2, 0.25) is 11.8 Å². The summed E-state index contributed by atoms with van der Waals surface area (Å²) in [5.41, 5.74) is 8.37. The number of nitrogens with zero attached hydrogens (tertiary/aromatic N) is 2. The second-order valence-electron chi connectivity index (χ2n) is 7.59. The van der Waals surface area contributed by atoms with E-state index in [0.29, 0.717) is 39.3 Å². The quantitative estimate of drug-likeness (QED) is 0.750. The topological polar surface area (TPSA) is 78.7 Å². The van der Waals surface area contributed by atoms with Crippen molar-refractivity contribution in [3.05, 3.63) is 71.8 Å². The third kappa shape index (κ3) is 5.89. The number of nitrogens with one attached hydrogen (secondary N) is 1. The monoisotopic (exact) mass is 394 g/mol. The fraction of sp³-hybridized carbons (Fsp3) is 0.391. The molecule has 1 fully saturated rings. The molecule has 2 atom stereocenters. The van der Waals surface area contributed by atoms with Crippen molar-refractivity contribution in [1.29, 1.82) is 0 Å². The number of amides is 2. The summed E-state index contributed by atoms with van der Waals surface area (Å²) >= 11 is 0. The maximum absolute atomic E-state index is 12.8. The van der Waals surface area contributed by atoms with Crippen molar-refractivity contribution < 1.29 is 9.59 Å². The minimum absolute atomic E-state index is 0.00750. The second kappa shape index (κ2) is 10.2. The molecule has 1 aliphatic heterocycles. The lowest BCUT2D eigenvalue weighted by atomic mass is 9.94. The van der Waals surface area contributed by atoms with Gasteiger partial charge < -0.3 is 16.0 Å². The van der Waals surface area contributed by atoms with E-state index in [1.165, 1.54) is 0 Å². The van der Waals surface area contributed by atoms with E-state index < -0.39 is 0 Å². The molecule has 0 radical (unpaired) electrons. The molecule has 2 unspecified atom stereocenters. The highest BCUT2D eigenvalue weighted by Crippen LogP contribution is 2.21. The summed E-state index contributed by atoms with van der Waals surface area (Å²) in [5.74, 6) is -0.194. The standard InChI is InChI=1S/C23H30N4O2/c1-18(22(24)20-10-6-3-7-11-20)23(29)27-14-12-26(13-15-27)17-21(28)25-16-19-8-4-2-5-9-19/h2-11,18,22H,12-17,24H2,1H3,(H,25,28). The van der Waals surface area contributed by atoms with Gasteiger partial charge in [0.05, 0.1) is 12.5 Å². The Kier molecular flexibility index (Phi) is 7.38. The predicted octanol–water partition coefficient (Wildman–Crippen LogP) is 1.78. The zero-order valence-electron chi connectivity index (χ0n) is 17.0. The molecule has 0 spiro atoms. The molecule has 3 N–H and O–H groups in total. The molecule has 6 nitrogen and oxygen atoms in total. The minimum atomic E-state index is -0.314. The molecule has 0 saturated carbocycles. The SMILES string of the molecule is CC(C(=O)N1CCN(CC(=O)NCc2ccccc2)CC1)C(N)c1ccccc1. The van der Waals surface area contributed by atoms with Crippen LogP contribution < -0.4 is 11.1 Å². The number of rotatable bonds is 7. The van der Waals surface area contributed by atoms with Crippen molar-refractivity contribution in [2.24, 2.45) is 11.7 Å². The van der Waals surface area contributed by atoms with Crippen molar-refractivity contribution >= 4 is 11.8 Å². The van der Waals surface area contributed by atoms with E-state index in [1.807, 2.05) is 72.5 Å². The van der Waals surface area contributed by atoms with Crippen LogP contribution in [0.3, 0.4) is 0 Å². The van der Waals surface area contributed by atoms with Gasteiger partial charge in [-0.05, 0) is 11.1 Å². The third-order valence-corrected chi connectivity index (χ3v) is 5.50. The van der Waals surface area contributed by atoms with Gasteiger partial charge in [0.15, 0.2) is 0 Å². The van der Waals surface area contributed by atoms with Crippen molar-refractivity contribution in [2.75, 3.05) is 32.7 Å². The molecule has 0 aromatic heterocycles. The highest BCUT2D eigenvalue weighted by molar-refractivity contribution is 5.80. The van der Waals surface area contributed by atoms with Gasteiger partial charge in [0, 0.05) is 38.8 Å². The van der Waals surface area contributed by atoms with Gasteiger partial charge in [-0.15, -0.1) is 0 Å². The minimum Gasteiger partial charge on any atom is -0.351 e. The van der Waals surface area contributed by atoms with Gasteiger partial charge in [-0.25, -0.2) is 0 Å². The molecule has 6 heteroatoms. The zero-order chi connectivity index (χ0) is 20.6. The molecule has 0 aliphatic carbocycles. The average Bonchev–Trinajstić information content (AvgIpc) is 2.78. The Morgan fingerprint density at radius 2 is 1.55 bits per heavy atom. The molecular weight excluding hydrogens is 364 g/mol. The fourth-order valence-electron chi connectivity index (χ4n) is 3.59. The molecule has 29 heavy (non-hydrogen) atoms. The number of benzene rings is 2. The van der Waals surface area contributed by atoms with Gasteiger partial charge in [-0.2, -0.15) is 0 Å². The van der Waals surface area contributed by atoms with E-state index in [-0.39, 0.29) is 23.8 Å². The lowest BCUT2D eigenvalue weighted by Gasteiger charge is -2.36. The summed E-state index contributed by atoms with van der Waals surface area (Å²) in [6.07, 6.45) is 0. The Morgan fingerprint density at radius 3 is 2.17 bits per heavy atom. The van der Waals surface area contributed by atoms with Crippen molar-refractivity contribution in [1.82, 2.24) is 15.1 Å². The number of carbonyl (C=O) groups is 2. The van der Waals surface area contributed by atoms with Crippen molar-refractivity contribution in [2.45, 2.75) is 19.5 Å². The van der Waals surface area contributed by atoms with E-state index >= 15 is 0 Å². The predicted molar refractivity (Wildman–Crippen MR) is 114 cm³/mol. The van der Waals surface area contributed by atoms with Gasteiger partial charge in [0.1, 0.15) is 0 Å². The number of hydrogen-bond donors (Lipinski definition) is 2. The van der Waals surface area contributed by atoms with Crippen molar-refractivity contribution in [3.63, 3.8) is 0 Å². The van der Waals surface area contributed by atoms with Crippen LogP contribution in [-0.2, 0) is 16.1 Å². The van der Waals surface area contributed by atoms with E-state index in [9.17, 15) is 9.59 Å². The van der Waals surface area contributed by atoms with Crippen LogP contribution in [0.2, 0.25) is 0 Å². The summed E-state index contributed by atoms with van der Waals surface area (Å²) < 4.78 is 0. The maximum atomic E-state index is 12.8. The van der Waals surface area contributed by atoms with E-state index in [4.69, 9.17) is 5.73 Å². The van der Waals surface area contributed by atoms with Crippen LogP contribution in [0.4, 0.5) is 0 Å². The molecule has 1 aliphatic rings. The molecule has 154 valence electrons. The van der Waals surface area contributed by atoms with Crippen LogP contribution in [0, 0.1) is 5.92 Å². The molecule has 0 bridgehead atoms. The molecule has 2 amide bonds. The molecule has 3 rings (SSSR count). The average molecular weight is 395 g/mol. The number of hydrogen-bond acceptors (Lipinski definition) is 4. The summed E-state index contributed by atoms with van der Waals surface area (Å²) in [5, 5.41) is 2.95. The summed E-state index contributed by atoms with van der Waals surface area (Å²) in [4.78, 5) is 29.0. The molecule has 1 heterocycles. The first kappa shape index (κ1) is 21.0. The normalized spacial score (nSPS) is 16.8. The first-order valence-corrected chi connectivity index (χ1v) is 10.2. The van der Waals surface area contributed by atoms with Gasteiger partial charge in [0.25, 0.3) is 0 Å². The summed E-state index contributed by atoms with van der Waals surface area (Å²) in [7, 11) is 0. The molecule has 2 aromatic rings. The highest BCUT2D eigenvalue weighted by atomic mass is 16.2. The van der Waals surface area contributed by atoms with Crippen LogP contribution in [0.5, 0.6) is 0 Å². The first-order valence-electron chi connectivity index (χ1n) is 10.2. The Hall–Kier alpha value is -2.70. The Bertz CT molecular complexity index is 789. The summed E-state index contributed by atoms with van der Waals surface area (Å²) in [6, 6.07) is 19.3. The molecule has 1 saturated heterocycles. The van der Waals surface area contributed by atoms with Crippen molar-refractivity contribution in [3.8, 4) is 0 Å². The van der Waals surface area contributed by atoms with Crippen LogP contribution in [0.25, 0.3) is 0 Å². The Labute approximate surface area is 172 Å². The van der Waals surface area contributed by atoms with E-state index in [0.717, 1.165) is 11.1 Å². The molecule has 2 aromatic carbocycles. The first-order chi connectivity index (χ1) is 14.0. The lowest BCUT2D eigenvalue weighted by Crippen LogP contribution is -2.52. The smallest absolute Gasteiger partial charge is 0.234 e. The van der Waals surface area contributed by atoms with Crippen LogP contribution in [0.15, 0.2) is 60.7 Å². The lowest BCUT2D eigenvalue weighted by molar-refractivity contribution is -0.137. The summed E-state index contributed by atoms with van der Waals surface area (Å²) in [6.45, 7) is 5.41. The Morgan fingerprint density at radius 1 is 0.966 bits per heavy atom.